The molecule has 0 bridgehead atoms. The van der Waals surface area contributed by atoms with Crippen molar-refractivity contribution in [3.05, 3.63) is 58.0 Å². The van der Waals surface area contributed by atoms with E-state index in [1.807, 2.05) is 0 Å². The van der Waals surface area contributed by atoms with Crippen molar-refractivity contribution in [1.29, 1.82) is 0 Å². The largest absolute Gasteiger partial charge is 0.573 e. The lowest BCUT2D eigenvalue weighted by Crippen LogP contribution is -2.29. The number of halogens is 4. The third kappa shape index (κ3) is 5.57. The SMILES string of the molecule is Cc1nc([C@H](C)NC(=O)c2cc(Br)cc(OC(F)(F)F)c2)n(-c2cc(C(N)=O)ncn2)n1. The Balaban J connectivity index is 1.87. The Hall–Kier alpha value is -3.55. The molecule has 0 spiro atoms. The number of hydrogen-bond donors (Lipinski definition) is 2. The van der Waals surface area contributed by atoms with Gasteiger partial charge in [0.05, 0.1) is 6.04 Å². The van der Waals surface area contributed by atoms with Crippen molar-refractivity contribution in [2.45, 2.75) is 26.3 Å². The molecule has 0 radical (unpaired) electrons. The van der Waals surface area contributed by atoms with Crippen LogP contribution in [-0.4, -0.2) is 42.9 Å². The van der Waals surface area contributed by atoms with Crippen LogP contribution in [0.4, 0.5) is 13.2 Å². The van der Waals surface area contributed by atoms with Gasteiger partial charge in [0.15, 0.2) is 11.6 Å². The van der Waals surface area contributed by atoms with E-state index in [-0.39, 0.29) is 27.4 Å². The maximum atomic E-state index is 12.7. The van der Waals surface area contributed by atoms with Gasteiger partial charge in [-0.15, -0.1) is 18.3 Å². The average Bonchev–Trinajstić information content (AvgIpc) is 3.08. The zero-order chi connectivity index (χ0) is 23.6. The molecule has 2 aromatic heterocycles. The van der Waals surface area contributed by atoms with Gasteiger partial charge in [0, 0.05) is 16.1 Å². The molecule has 0 saturated heterocycles. The number of nitrogens with one attached hydrogen (secondary N) is 1. The number of carbonyl (C=O) groups is 2. The summed E-state index contributed by atoms with van der Waals surface area (Å²) in [5.74, 6) is -1.20. The van der Waals surface area contributed by atoms with Gasteiger partial charge in [-0.05, 0) is 32.0 Å². The Bertz CT molecular complexity index is 1180. The molecule has 0 aliphatic rings. The van der Waals surface area contributed by atoms with Crippen molar-refractivity contribution in [2.24, 2.45) is 5.73 Å². The fraction of sp³-hybridized carbons (Fsp3) is 0.222. The maximum Gasteiger partial charge on any atom is 0.573 e. The highest BCUT2D eigenvalue weighted by Crippen LogP contribution is 2.27. The molecule has 2 amide bonds. The Morgan fingerprint density at radius 1 is 1.22 bits per heavy atom. The highest BCUT2D eigenvalue weighted by molar-refractivity contribution is 9.10. The van der Waals surface area contributed by atoms with Crippen molar-refractivity contribution in [3.8, 4) is 11.6 Å². The highest BCUT2D eigenvalue weighted by atomic mass is 79.9. The predicted octanol–water partition coefficient (Wildman–Crippen LogP) is 2.62. The summed E-state index contributed by atoms with van der Waals surface area (Å²) in [5, 5.41) is 6.85. The molecule has 0 unspecified atom stereocenters. The Morgan fingerprint density at radius 3 is 2.59 bits per heavy atom. The van der Waals surface area contributed by atoms with Gasteiger partial charge in [0.25, 0.3) is 11.8 Å². The predicted molar refractivity (Wildman–Crippen MR) is 107 cm³/mol. The lowest BCUT2D eigenvalue weighted by atomic mass is 10.2. The van der Waals surface area contributed by atoms with Gasteiger partial charge in [-0.1, -0.05) is 15.9 Å². The van der Waals surface area contributed by atoms with Crippen LogP contribution in [0.15, 0.2) is 35.1 Å². The van der Waals surface area contributed by atoms with E-state index in [0.29, 0.717) is 5.82 Å². The minimum absolute atomic E-state index is 0.0443. The van der Waals surface area contributed by atoms with Gasteiger partial charge >= 0.3 is 6.36 Å². The molecule has 2 heterocycles. The van der Waals surface area contributed by atoms with Crippen LogP contribution >= 0.6 is 15.9 Å². The van der Waals surface area contributed by atoms with Gasteiger partial charge < -0.3 is 15.8 Å². The topological polar surface area (TPSA) is 138 Å². The van der Waals surface area contributed by atoms with E-state index in [1.54, 1.807) is 13.8 Å². The first-order valence-corrected chi connectivity index (χ1v) is 9.65. The summed E-state index contributed by atoms with van der Waals surface area (Å²) in [4.78, 5) is 36.2. The summed E-state index contributed by atoms with van der Waals surface area (Å²) in [7, 11) is 0. The molecule has 0 aliphatic heterocycles. The van der Waals surface area contributed by atoms with E-state index in [1.165, 1.54) is 16.8 Å². The van der Waals surface area contributed by atoms with E-state index in [0.717, 1.165) is 18.5 Å². The maximum absolute atomic E-state index is 12.7. The van der Waals surface area contributed by atoms with Crippen LogP contribution in [0, 0.1) is 6.92 Å². The second kappa shape index (κ2) is 8.90. The molecule has 3 aromatic rings. The van der Waals surface area contributed by atoms with Crippen LogP contribution in [0.3, 0.4) is 0 Å². The summed E-state index contributed by atoms with van der Waals surface area (Å²) in [6, 6.07) is 3.94. The molecule has 0 aliphatic carbocycles. The van der Waals surface area contributed by atoms with Crippen molar-refractivity contribution < 1.29 is 27.5 Å². The van der Waals surface area contributed by atoms with Crippen molar-refractivity contribution >= 4 is 27.7 Å². The van der Waals surface area contributed by atoms with Gasteiger partial charge in [-0.25, -0.2) is 15.0 Å². The van der Waals surface area contributed by atoms with Crippen molar-refractivity contribution in [3.63, 3.8) is 0 Å². The van der Waals surface area contributed by atoms with E-state index in [4.69, 9.17) is 5.73 Å². The second-order valence-corrected chi connectivity index (χ2v) is 7.39. The number of nitrogens with zero attached hydrogens (tertiary/aromatic N) is 5. The molecule has 3 rings (SSSR count). The lowest BCUT2D eigenvalue weighted by molar-refractivity contribution is -0.274. The molecule has 32 heavy (non-hydrogen) atoms. The quantitative estimate of drug-likeness (QED) is 0.516. The first-order chi connectivity index (χ1) is 14.9. The molecular weight excluding hydrogens is 499 g/mol. The van der Waals surface area contributed by atoms with E-state index in [2.05, 4.69) is 46.0 Å². The third-order valence-electron chi connectivity index (χ3n) is 3.96. The normalized spacial score (nSPS) is 12.3. The van der Waals surface area contributed by atoms with Crippen molar-refractivity contribution in [2.75, 3.05) is 0 Å². The van der Waals surface area contributed by atoms with Crippen LogP contribution in [0.25, 0.3) is 5.82 Å². The number of amides is 2. The summed E-state index contributed by atoms with van der Waals surface area (Å²) < 4.78 is 43.0. The zero-order valence-electron chi connectivity index (χ0n) is 16.5. The van der Waals surface area contributed by atoms with Crippen LogP contribution in [-0.2, 0) is 0 Å². The van der Waals surface area contributed by atoms with Crippen molar-refractivity contribution in [1.82, 2.24) is 30.0 Å². The lowest BCUT2D eigenvalue weighted by Gasteiger charge is -2.15. The number of aryl methyl sites for hydroxylation is 1. The minimum Gasteiger partial charge on any atom is -0.406 e. The molecule has 1 atom stereocenters. The number of nitrogens with two attached hydrogens (primary N) is 1. The van der Waals surface area contributed by atoms with E-state index < -0.39 is 30.0 Å². The number of hydrogen-bond acceptors (Lipinski definition) is 7. The number of rotatable bonds is 6. The zero-order valence-corrected chi connectivity index (χ0v) is 18.1. The molecule has 0 saturated carbocycles. The summed E-state index contributed by atoms with van der Waals surface area (Å²) in [6.45, 7) is 3.21. The van der Waals surface area contributed by atoms with Gasteiger partial charge in [-0.3, -0.25) is 9.59 Å². The Labute approximate surface area is 187 Å². The number of aromatic nitrogens is 5. The van der Waals surface area contributed by atoms with Gasteiger partial charge in [0.1, 0.15) is 23.6 Å². The summed E-state index contributed by atoms with van der Waals surface area (Å²) in [6.07, 6.45) is -3.78. The number of carbonyl (C=O) groups excluding carboxylic acids is 2. The highest BCUT2D eigenvalue weighted by Gasteiger charge is 2.31. The van der Waals surface area contributed by atoms with Gasteiger partial charge in [-0.2, -0.15) is 4.68 Å². The molecule has 10 nitrogen and oxygen atoms in total. The molecule has 1 aromatic carbocycles. The van der Waals surface area contributed by atoms with Crippen LogP contribution in [0.1, 0.15) is 45.5 Å². The number of ether oxygens (including phenoxy) is 1. The Kier molecular flexibility index (Phi) is 6.43. The Morgan fingerprint density at radius 2 is 1.94 bits per heavy atom. The smallest absolute Gasteiger partial charge is 0.406 e. The average molecular weight is 514 g/mol. The van der Waals surface area contributed by atoms with Crippen LogP contribution in [0.5, 0.6) is 5.75 Å². The van der Waals surface area contributed by atoms with Crippen LogP contribution in [0.2, 0.25) is 0 Å². The number of benzene rings is 1. The second-order valence-electron chi connectivity index (χ2n) is 6.47. The van der Waals surface area contributed by atoms with Gasteiger partial charge in [0.2, 0.25) is 0 Å². The number of alkyl halides is 3. The molecule has 168 valence electrons. The molecule has 0 fully saturated rings. The first-order valence-electron chi connectivity index (χ1n) is 8.86. The fourth-order valence-electron chi connectivity index (χ4n) is 2.71. The molecular formula is C18H15BrF3N7O3. The monoisotopic (exact) mass is 513 g/mol. The van der Waals surface area contributed by atoms with Crippen LogP contribution < -0.4 is 15.8 Å². The van der Waals surface area contributed by atoms with E-state index in [9.17, 15) is 22.8 Å². The first kappa shape index (κ1) is 23.1. The standard InChI is InChI=1S/C18H15BrF3N7O3/c1-8(26-17(31)10-3-11(19)5-12(4-10)32-18(20,21)22)16-27-9(2)28-29(16)14-6-13(15(23)30)24-7-25-14/h3-8H,1-2H3,(H2,23,30)(H,26,31)/t8-/m0/s1. The minimum atomic E-state index is -4.91. The van der Waals surface area contributed by atoms with E-state index >= 15 is 0 Å². The third-order valence-corrected chi connectivity index (χ3v) is 4.42. The summed E-state index contributed by atoms with van der Waals surface area (Å²) >= 11 is 3.06. The fourth-order valence-corrected chi connectivity index (χ4v) is 3.18. The summed E-state index contributed by atoms with van der Waals surface area (Å²) in [5.41, 5.74) is 5.12. The molecule has 14 heteroatoms. The molecule has 3 N–H and O–H groups in total. The number of primary amides is 1.